The fourth-order valence-electron chi connectivity index (χ4n) is 1.65. The first kappa shape index (κ1) is 11.0. The zero-order chi connectivity index (χ0) is 11.4. The normalized spacial score (nSPS) is 10.6. The summed E-state index contributed by atoms with van der Waals surface area (Å²) in [4.78, 5) is 14.4. The van der Waals surface area contributed by atoms with E-state index in [1.807, 2.05) is 30.5 Å². The van der Waals surface area contributed by atoms with Crippen LogP contribution in [0.5, 0.6) is 0 Å². The van der Waals surface area contributed by atoms with E-state index < -0.39 is 0 Å². The number of alkyl halides is 1. The van der Waals surface area contributed by atoms with Gasteiger partial charge in [-0.25, -0.2) is 0 Å². The average Bonchev–Trinajstić information content (AvgIpc) is 2.70. The Bertz CT molecular complexity index is 492. The molecule has 1 heterocycles. The molecule has 4 heteroatoms. The van der Waals surface area contributed by atoms with Gasteiger partial charge in [0.1, 0.15) is 0 Å². The van der Waals surface area contributed by atoms with Gasteiger partial charge < -0.3 is 10.3 Å². The minimum Gasteiger partial charge on any atom is -0.361 e. The fraction of sp³-hybridized carbons (Fsp3) is 0.250. The lowest BCUT2D eigenvalue weighted by molar-refractivity contribution is -0.120. The summed E-state index contributed by atoms with van der Waals surface area (Å²) in [6, 6.07) is 8.02. The van der Waals surface area contributed by atoms with Crippen molar-refractivity contribution in [2.45, 2.75) is 13.0 Å². The molecule has 0 aliphatic heterocycles. The van der Waals surface area contributed by atoms with Gasteiger partial charge in [0.2, 0.25) is 5.91 Å². The smallest absolute Gasteiger partial charge is 0.221 e. The van der Waals surface area contributed by atoms with Crippen molar-refractivity contribution in [2.24, 2.45) is 0 Å². The van der Waals surface area contributed by atoms with Crippen molar-refractivity contribution in [1.29, 1.82) is 0 Å². The Morgan fingerprint density at radius 2 is 2.19 bits per heavy atom. The molecule has 0 aliphatic carbocycles. The van der Waals surface area contributed by atoms with E-state index in [9.17, 15) is 4.79 Å². The molecule has 0 aliphatic rings. The van der Waals surface area contributed by atoms with Gasteiger partial charge in [-0.15, -0.1) is 11.6 Å². The summed E-state index contributed by atoms with van der Waals surface area (Å²) in [6.07, 6.45) is 2.29. The van der Waals surface area contributed by atoms with Gasteiger partial charge >= 0.3 is 0 Å². The lowest BCUT2D eigenvalue weighted by Crippen LogP contribution is -2.22. The molecule has 1 amide bonds. The van der Waals surface area contributed by atoms with Gasteiger partial charge in [0.25, 0.3) is 0 Å². The van der Waals surface area contributed by atoms with Gasteiger partial charge in [0, 0.05) is 35.9 Å². The van der Waals surface area contributed by atoms with Gasteiger partial charge in [-0.2, -0.15) is 0 Å². The second kappa shape index (κ2) is 5.03. The molecular formula is C12H13ClN2O. The summed E-state index contributed by atoms with van der Waals surface area (Å²) in [5.74, 6) is 0.347. The highest BCUT2D eigenvalue weighted by Crippen LogP contribution is 2.17. The summed E-state index contributed by atoms with van der Waals surface area (Å²) >= 11 is 5.49. The van der Waals surface area contributed by atoms with E-state index >= 15 is 0 Å². The van der Waals surface area contributed by atoms with Gasteiger partial charge in [-0.3, -0.25) is 4.79 Å². The van der Waals surface area contributed by atoms with Crippen LogP contribution in [0.1, 0.15) is 12.0 Å². The number of aromatic amines is 1. The Balaban J connectivity index is 2.07. The van der Waals surface area contributed by atoms with E-state index in [0.717, 1.165) is 16.5 Å². The van der Waals surface area contributed by atoms with Crippen molar-refractivity contribution in [3.8, 4) is 0 Å². The van der Waals surface area contributed by atoms with Gasteiger partial charge in [0.05, 0.1) is 0 Å². The molecule has 1 aromatic carbocycles. The van der Waals surface area contributed by atoms with E-state index in [1.165, 1.54) is 0 Å². The average molecular weight is 237 g/mol. The van der Waals surface area contributed by atoms with Crippen molar-refractivity contribution < 1.29 is 4.79 Å². The predicted octanol–water partition coefficient (Wildman–Crippen LogP) is 2.41. The lowest BCUT2D eigenvalue weighted by atomic mass is 10.2. The third-order valence-electron chi connectivity index (χ3n) is 2.47. The van der Waals surface area contributed by atoms with E-state index in [4.69, 9.17) is 11.6 Å². The second-order valence-electron chi connectivity index (χ2n) is 3.58. The third-order valence-corrected chi connectivity index (χ3v) is 2.66. The molecule has 2 rings (SSSR count). The van der Waals surface area contributed by atoms with Crippen molar-refractivity contribution in [3.05, 3.63) is 36.0 Å². The predicted molar refractivity (Wildman–Crippen MR) is 65.5 cm³/mol. The first-order valence-electron chi connectivity index (χ1n) is 5.19. The van der Waals surface area contributed by atoms with Crippen LogP contribution < -0.4 is 5.32 Å². The van der Waals surface area contributed by atoms with Crippen LogP contribution in [-0.4, -0.2) is 16.8 Å². The summed E-state index contributed by atoms with van der Waals surface area (Å²) in [6.45, 7) is 0.541. The number of aromatic nitrogens is 1. The van der Waals surface area contributed by atoms with Crippen LogP contribution in [-0.2, 0) is 11.3 Å². The van der Waals surface area contributed by atoms with Crippen LogP contribution in [0.25, 0.3) is 10.9 Å². The van der Waals surface area contributed by atoms with Crippen molar-refractivity contribution in [3.63, 3.8) is 0 Å². The molecule has 2 N–H and O–H groups in total. The number of carbonyl (C=O) groups is 1. The fourth-order valence-corrected chi connectivity index (χ4v) is 1.82. The van der Waals surface area contributed by atoms with Gasteiger partial charge in [-0.1, -0.05) is 18.2 Å². The SMILES string of the molecule is O=C(CCCl)NCc1c[nH]c2ccccc12. The molecule has 0 saturated heterocycles. The molecule has 3 nitrogen and oxygen atoms in total. The van der Waals surface area contributed by atoms with Crippen LogP contribution in [0.2, 0.25) is 0 Å². The van der Waals surface area contributed by atoms with Crippen LogP contribution in [0.3, 0.4) is 0 Å². The number of fused-ring (bicyclic) bond motifs is 1. The summed E-state index contributed by atoms with van der Waals surface area (Å²) in [7, 11) is 0. The number of halogens is 1. The summed E-state index contributed by atoms with van der Waals surface area (Å²) in [5.41, 5.74) is 2.18. The summed E-state index contributed by atoms with van der Waals surface area (Å²) < 4.78 is 0. The Kier molecular flexibility index (Phi) is 3.47. The highest BCUT2D eigenvalue weighted by molar-refractivity contribution is 6.18. The topological polar surface area (TPSA) is 44.9 Å². The molecule has 0 radical (unpaired) electrons. The number of rotatable bonds is 4. The third kappa shape index (κ3) is 2.36. The first-order valence-corrected chi connectivity index (χ1v) is 5.72. The molecule has 0 saturated carbocycles. The summed E-state index contributed by atoms with van der Waals surface area (Å²) in [5, 5.41) is 3.98. The van der Waals surface area contributed by atoms with Gasteiger partial charge in [0.15, 0.2) is 0 Å². The molecule has 0 fully saturated rings. The molecule has 0 unspecified atom stereocenters. The minimum absolute atomic E-state index is 0.0136. The standard InChI is InChI=1S/C12H13ClN2O/c13-6-5-12(16)15-8-9-7-14-11-4-2-1-3-10(9)11/h1-4,7,14H,5-6,8H2,(H,15,16). The highest BCUT2D eigenvalue weighted by Gasteiger charge is 2.04. The molecule has 2 aromatic rings. The molecule has 84 valence electrons. The van der Waals surface area contributed by atoms with Crippen LogP contribution in [0, 0.1) is 0 Å². The Morgan fingerprint density at radius 3 is 3.00 bits per heavy atom. The maximum atomic E-state index is 11.3. The molecule has 0 spiro atoms. The number of nitrogens with one attached hydrogen (secondary N) is 2. The Labute approximate surface area is 98.8 Å². The molecule has 0 atom stereocenters. The maximum absolute atomic E-state index is 11.3. The molecule has 0 bridgehead atoms. The number of amides is 1. The van der Waals surface area contributed by atoms with Crippen molar-refractivity contribution >= 4 is 28.4 Å². The van der Waals surface area contributed by atoms with E-state index in [-0.39, 0.29) is 5.91 Å². The number of hydrogen-bond acceptors (Lipinski definition) is 1. The van der Waals surface area contributed by atoms with Crippen LogP contribution in [0.15, 0.2) is 30.5 Å². The Hall–Kier alpha value is -1.48. The van der Waals surface area contributed by atoms with Crippen molar-refractivity contribution in [1.82, 2.24) is 10.3 Å². The van der Waals surface area contributed by atoms with Gasteiger partial charge in [-0.05, 0) is 11.6 Å². The number of H-pyrrole nitrogens is 1. The molecule has 16 heavy (non-hydrogen) atoms. The molecule has 1 aromatic heterocycles. The minimum atomic E-state index is -0.0136. The van der Waals surface area contributed by atoms with Crippen molar-refractivity contribution in [2.75, 3.05) is 5.88 Å². The highest BCUT2D eigenvalue weighted by atomic mass is 35.5. The monoisotopic (exact) mass is 236 g/mol. The van der Waals surface area contributed by atoms with Crippen LogP contribution >= 0.6 is 11.6 Å². The zero-order valence-corrected chi connectivity index (χ0v) is 9.55. The number of benzene rings is 1. The largest absolute Gasteiger partial charge is 0.361 e. The number of carbonyl (C=O) groups excluding carboxylic acids is 1. The Morgan fingerprint density at radius 1 is 1.38 bits per heavy atom. The van der Waals surface area contributed by atoms with E-state index in [0.29, 0.717) is 18.8 Å². The number of hydrogen-bond donors (Lipinski definition) is 2. The maximum Gasteiger partial charge on any atom is 0.221 e. The number of para-hydroxylation sites is 1. The zero-order valence-electron chi connectivity index (χ0n) is 8.79. The quantitative estimate of drug-likeness (QED) is 0.787. The molecular weight excluding hydrogens is 224 g/mol. The first-order chi connectivity index (χ1) is 7.81. The van der Waals surface area contributed by atoms with Crippen LogP contribution in [0.4, 0.5) is 0 Å². The van der Waals surface area contributed by atoms with E-state index in [2.05, 4.69) is 10.3 Å². The van der Waals surface area contributed by atoms with E-state index in [1.54, 1.807) is 0 Å². The second-order valence-corrected chi connectivity index (χ2v) is 3.95. The lowest BCUT2D eigenvalue weighted by Gasteiger charge is -2.02.